The first-order valence-corrected chi connectivity index (χ1v) is 8.06. The van der Waals surface area contributed by atoms with Gasteiger partial charge in [0.2, 0.25) is 0 Å². The van der Waals surface area contributed by atoms with E-state index in [1.54, 1.807) is 7.11 Å². The van der Waals surface area contributed by atoms with E-state index in [0.29, 0.717) is 0 Å². The molecule has 20 heavy (non-hydrogen) atoms. The van der Waals surface area contributed by atoms with E-state index in [0.717, 1.165) is 58.3 Å². The van der Waals surface area contributed by atoms with Crippen molar-refractivity contribution in [2.45, 2.75) is 69.7 Å². The normalized spacial score (nSPS) is 28.5. The molecule has 0 aromatic heterocycles. The van der Waals surface area contributed by atoms with Crippen LogP contribution in [0.2, 0.25) is 0 Å². The first kappa shape index (κ1) is 16.2. The highest BCUT2D eigenvalue weighted by Crippen LogP contribution is 2.41. The van der Waals surface area contributed by atoms with Crippen molar-refractivity contribution in [2.75, 3.05) is 26.9 Å². The third-order valence-electron chi connectivity index (χ3n) is 5.52. The Morgan fingerprint density at radius 2 is 1.90 bits per heavy atom. The van der Waals surface area contributed by atoms with Gasteiger partial charge in [0.05, 0.1) is 17.3 Å². The Labute approximate surface area is 122 Å². The molecular weight excluding hydrogens is 256 g/mol. The van der Waals surface area contributed by atoms with Crippen LogP contribution in [0.5, 0.6) is 0 Å². The molecule has 2 atom stereocenters. The van der Waals surface area contributed by atoms with Crippen LogP contribution in [0.25, 0.3) is 0 Å². The number of aliphatic hydroxyl groups excluding tert-OH is 1. The van der Waals surface area contributed by atoms with Crippen LogP contribution in [0.1, 0.15) is 52.4 Å². The maximum atomic E-state index is 10.9. The molecule has 0 bridgehead atoms. The van der Waals surface area contributed by atoms with Crippen molar-refractivity contribution in [1.29, 1.82) is 0 Å². The maximum Gasteiger partial charge on any atom is 0.0933 e. The van der Waals surface area contributed by atoms with Crippen LogP contribution in [0.4, 0.5) is 0 Å². The second-order valence-corrected chi connectivity index (χ2v) is 6.32. The van der Waals surface area contributed by atoms with Gasteiger partial charge in [-0.3, -0.25) is 0 Å². The Morgan fingerprint density at radius 1 is 1.25 bits per heavy atom. The second-order valence-electron chi connectivity index (χ2n) is 6.32. The molecular formula is C16H30O4. The van der Waals surface area contributed by atoms with E-state index in [-0.39, 0.29) is 11.5 Å². The lowest BCUT2D eigenvalue weighted by atomic mass is 9.73. The minimum atomic E-state index is -0.411. The largest absolute Gasteiger partial charge is 0.390 e. The lowest BCUT2D eigenvalue weighted by Gasteiger charge is -2.47. The minimum absolute atomic E-state index is 0.0664. The van der Waals surface area contributed by atoms with E-state index >= 15 is 0 Å². The fraction of sp³-hybridized carbons (Fsp3) is 1.00. The molecule has 2 rings (SSSR count). The van der Waals surface area contributed by atoms with Gasteiger partial charge in [-0.05, 0) is 44.4 Å². The van der Waals surface area contributed by atoms with Crippen molar-refractivity contribution in [3.05, 3.63) is 0 Å². The van der Waals surface area contributed by atoms with Crippen LogP contribution in [0, 0.1) is 5.92 Å². The molecule has 0 aromatic carbocycles. The van der Waals surface area contributed by atoms with Gasteiger partial charge in [0, 0.05) is 26.9 Å². The Bertz CT molecular complexity index is 281. The van der Waals surface area contributed by atoms with Gasteiger partial charge < -0.3 is 19.3 Å². The molecule has 0 saturated carbocycles. The molecule has 1 spiro atoms. The van der Waals surface area contributed by atoms with Gasteiger partial charge in [-0.1, -0.05) is 13.8 Å². The minimum Gasteiger partial charge on any atom is -0.390 e. The zero-order chi connectivity index (χ0) is 14.6. The van der Waals surface area contributed by atoms with Crippen LogP contribution in [-0.4, -0.2) is 49.3 Å². The van der Waals surface area contributed by atoms with Gasteiger partial charge in [0.15, 0.2) is 0 Å². The molecule has 2 heterocycles. The maximum absolute atomic E-state index is 10.9. The standard InChI is InChI=1S/C16H30O4/c1-4-16(5-2,18-3)14(17)13-6-9-20-15(12-13)7-10-19-11-8-15/h13-14,17H,4-12H2,1-3H3. The topological polar surface area (TPSA) is 47.9 Å². The van der Waals surface area contributed by atoms with E-state index in [9.17, 15) is 5.11 Å². The van der Waals surface area contributed by atoms with Crippen LogP contribution in [0.15, 0.2) is 0 Å². The predicted molar refractivity (Wildman–Crippen MR) is 77.8 cm³/mol. The number of ether oxygens (including phenoxy) is 3. The first-order valence-electron chi connectivity index (χ1n) is 8.06. The summed E-state index contributed by atoms with van der Waals surface area (Å²) in [6.45, 7) is 6.49. The summed E-state index contributed by atoms with van der Waals surface area (Å²) in [5.74, 6) is 0.265. The van der Waals surface area contributed by atoms with E-state index in [1.165, 1.54) is 0 Å². The van der Waals surface area contributed by atoms with Gasteiger partial charge >= 0.3 is 0 Å². The first-order chi connectivity index (χ1) is 9.61. The Balaban J connectivity index is 2.07. The molecule has 0 radical (unpaired) electrons. The third kappa shape index (κ3) is 3.03. The van der Waals surface area contributed by atoms with Gasteiger partial charge in [-0.2, -0.15) is 0 Å². The fourth-order valence-corrected chi connectivity index (χ4v) is 3.93. The molecule has 2 fully saturated rings. The average Bonchev–Trinajstić information content (AvgIpc) is 2.50. The highest BCUT2D eigenvalue weighted by Gasteiger charge is 2.46. The highest BCUT2D eigenvalue weighted by molar-refractivity contribution is 4.97. The van der Waals surface area contributed by atoms with Crippen molar-refractivity contribution in [3.8, 4) is 0 Å². The summed E-state index contributed by atoms with van der Waals surface area (Å²) < 4.78 is 17.2. The van der Waals surface area contributed by atoms with E-state index in [2.05, 4.69) is 13.8 Å². The van der Waals surface area contributed by atoms with Gasteiger partial charge in [0.1, 0.15) is 0 Å². The molecule has 1 N–H and O–H groups in total. The van der Waals surface area contributed by atoms with Crippen molar-refractivity contribution >= 4 is 0 Å². The molecule has 2 aliphatic heterocycles. The number of rotatable bonds is 5. The van der Waals surface area contributed by atoms with Crippen molar-refractivity contribution in [3.63, 3.8) is 0 Å². The zero-order valence-corrected chi connectivity index (χ0v) is 13.2. The summed E-state index contributed by atoms with van der Waals surface area (Å²) in [6.07, 6.45) is 5.04. The van der Waals surface area contributed by atoms with Gasteiger partial charge in [-0.25, -0.2) is 0 Å². The second kappa shape index (κ2) is 6.73. The van der Waals surface area contributed by atoms with Crippen molar-refractivity contribution in [2.24, 2.45) is 5.92 Å². The molecule has 2 aliphatic rings. The summed E-state index contributed by atoms with van der Waals surface area (Å²) in [6, 6.07) is 0. The predicted octanol–water partition coefficient (Wildman–Crippen LogP) is 2.53. The number of aliphatic hydroxyl groups is 1. The smallest absolute Gasteiger partial charge is 0.0933 e. The van der Waals surface area contributed by atoms with Gasteiger partial charge in [0.25, 0.3) is 0 Å². The number of methoxy groups -OCH3 is 1. The Hall–Kier alpha value is -0.160. The van der Waals surface area contributed by atoms with E-state index in [1.807, 2.05) is 0 Å². The average molecular weight is 286 g/mol. The molecule has 0 aliphatic carbocycles. The molecule has 4 nitrogen and oxygen atoms in total. The molecule has 0 aromatic rings. The summed E-state index contributed by atoms with van der Waals surface area (Å²) >= 11 is 0. The Morgan fingerprint density at radius 3 is 2.45 bits per heavy atom. The summed E-state index contributed by atoms with van der Waals surface area (Å²) in [7, 11) is 1.72. The van der Waals surface area contributed by atoms with Crippen LogP contribution >= 0.6 is 0 Å². The molecule has 2 unspecified atom stereocenters. The van der Waals surface area contributed by atoms with E-state index < -0.39 is 11.7 Å². The monoisotopic (exact) mass is 286 g/mol. The Kier molecular flexibility index (Phi) is 5.46. The quantitative estimate of drug-likeness (QED) is 0.843. The van der Waals surface area contributed by atoms with Crippen molar-refractivity contribution in [1.82, 2.24) is 0 Å². The zero-order valence-electron chi connectivity index (χ0n) is 13.2. The van der Waals surface area contributed by atoms with E-state index in [4.69, 9.17) is 14.2 Å². The molecule has 0 amide bonds. The van der Waals surface area contributed by atoms with Crippen LogP contribution < -0.4 is 0 Å². The van der Waals surface area contributed by atoms with Crippen molar-refractivity contribution < 1.29 is 19.3 Å². The molecule has 4 heteroatoms. The molecule has 118 valence electrons. The fourth-order valence-electron chi connectivity index (χ4n) is 3.93. The highest BCUT2D eigenvalue weighted by atomic mass is 16.5. The molecule has 2 saturated heterocycles. The number of hydrogen-bond donors (Lipinski definition) is 1. The lowest BCUT2D eigenvalue weighted by molar-refractivity contribution is -0.188. The third-order valence-corrected chi connectivity index (χ3v) is 5.52. The van der Waals surface area contributed by atoms with Crippen LogP contribution in [0.3, 0.4) is 0 Å². The SMILES string of the molecule is CCC(CC)(OC)C(O)C1CCOC2(CCOCC2)C1. The lowest BCUT2D eigenvalue weighted by Crippen LogP contribution is -2.53. The summed E-state index contributed by atoms with van der Waals surface area (Å²) in [5.41, 5.74) is -0.475. The number of hydrogen-bond acceptors (Lipinski definition) is 4. The summed E-state index contributed by atoms with van der Waals surface area (Å²) in [5, 5.41) is 10.9. The van der Waals surface area contributed by atoms with Gasteiger partial charge in [-0.15, -0.1) is 0 Å². The summed E-state index contributed by atoms with van der Waals surface area (Å²) in [4.78, 5) is 0. The van der Waals surface area contributed by atoms with Crippen LogP contribution in [-0.2, 0) is 14.2 Å².